The van der Waals surface area contributed by atoms with Gasteiger partial charge in [-0.25, -0.2) is 8.78 Å². The fraction of sp³-hybridized carbons (Fsp3) is 0.462. The number of rotatable bonds is 7. The third-order valence-electron chi connectivity index (χ3n) is 2.66. The van der Waals surface area contributed by atoms with Crippen LogP contribution in [-0.4, -0.2) is 39.1 Å². The lowest BCUT2D eigenvalue weighted by Gasteiger charge is -2.14. The Bertz CT molecular complexity index is 467. The van der Waals surface area contributed by atoms with Crippen LogP contribution in [0.1, 0.15) is 5.56 Å². The van der Waals surface area contributed by atoms with Gasteiger partial charge in [0.2, 0.25) is 5.91 Å². The van der Waals surface area contributed by atoms with Crippen LogP contribution in [0.3, 0.4) is 0 Å². The average molecular weight is 288 g/mol. The van der Waals surface area contributed by atoms with Crippen LogP contribution in [0.15, 0.2) is 18.2 Å². The summed E-state index contributed by atoms with van der Waals surface area (Å²) in [5.41, 5.74) is 5.52. The summed E-state index contributed by atoms with van der Waals surface area (Å²) in [6, 6.07) is 4.94. The number of ether oxygens (including phenoxy) is 2. The zero-order valence-corrected chi connectivity index (χ0v) is 11.4. The summed E-state index contributed by atoms with van der Waals surface area (Å²) in [4.78, 5) is 11.6. The Morgan fingerprint density at radius 1 is 1.30 bits per heavy atom. The molecular formula is C13H18F2N2O3. The van der Waals surface area contributed by atoms with Gasteiger partial charge in [0.15, 0.2) is 11.5 Å². The fourth-order valence-corrected chi connectivity index (χ4v) is 1.54. The van der Waals surface area contributed by atoms with Crippen molar-refractivity contribution >= 4 is 5.91 Å². The molecule has 7 heteroatoms. The molecule has 1 amide bonds. The molecule has 20 heavy (non-hydrogen) atoms. The highest BCUT2D eigenvalue weighted by Crippen LogP contribution is 2.27. The molecule has 0 aliphatic rings. The number of hydrogen-bond acceptors (Lipinski definition) is 4. The van der Waals surface area contributed by atoms with Crippen molar-refractivity contribution in [2.24, 2.45) is 5.73 Å². The van der Waals surface area contributed by atoms with Crippen LogP contribution >= 0.6 is 0 Å². The van der Waals surface area contributed by atoms with E-state index in [0.29, 0.717) is 17.1 Å². The highest BCUT2D eigenvalue weighted by molar-refractivity contribution is 5.78. The van der Waals surface area contributed by atoms with E-state index in [2.05, 4.69) is 5.32 Å². The third-order valence-corrected chi connectivity index (χ3v) is 2.66. The molecule has 0 spiro atoms. The number of nitrogens with two attached hydrogens (primary N) is 1. The van der Waals surface area contributed by atoms with Gasteiger partial charge in [0.1, 0.15) is 0 Å². The zero-order valence-electron chi connectivity index (χ0n) is 11.4. The molecule has 0 aliphatic heterocycles. The largest absolute Gasteiger partial charge is 0.493 e. The van der Waals surface area contributed by atoms with E-state index in [-0.39, 0.29) is 6.42 Å². The maximum atomic E-state index is 12.9. The van der Waals surface area contributed by atoms with Crippen molar-refractivity contribution in [2.45, 2.75) is 12.3 Å². The monoisotopic (exact) mass is 288 g/mol. The summed E-state index contributed by atoms with van der Waals surface area (Å²) in [5.74, 6) is -2.59. The number of hydrogen-bond donors (Lipinski definition) is 2. The molecule has 0 unspecified atom stereocenters. The van der Waals surface area contributed by atoms with Crippen LogP contribution in [-0.2, 0) is 11.2 Å². The minimum atomic E-state index is -3.09. The molecule has 1 rings (SSSR count). The molecule has 0 fully saturated rings. The van der Waals surface area contributed by atoms with Crippen LogP contribution < -0.4 is 20.5 Å². The summed E-state index contributed by atoms with van der Waals surface area (Å²) in [5, 5.41) is 2.15. The number of halogens is 2. The number of amides is 1. The molecule has 0 bridgehead atoms. The predicted molar refractivity (Wildman–Crippen MR) is 70.3 cm³/mol. The van der Waals surface area contributed by atoms with Crippen molar-refractivity contribution in [1.29, 1.82) is 0 Å². The Kier molecular flexibility index (Phi) is 5.69. The first-order chi connectivity index (χ1) is 9.41. The molecule has 0 saturated heterocycles. The molecule has 1 aromatic carbocycles. The molecule has 3 N–H and O–H groups in total. The van der Waals surface area contributed by atoms with Gasteiger partial charge in [0, 0.05) is 0 Å². The number of alkyl halides is 2. The maximum absolute atomic E-state index is 12.9. The quantitative estimate of drug-likeness (QED) is 0.783. The van der Waals surface area contributed by atoms with Gasteiger partial charge in [-0.2, -0.15) is 0 Å². The van der Waals surface area contributed by atoms with E-state index in [1.54, 1.807) is 18.2 Å². The van der Waals surface area contributed by atoms with Gasteiger partial charge in [0.05, 0.1) is 33.7 Å². The number of methoxy groups -OCH3 is 2. The molecule has 0 saturated carbocycles. The van der Waals surface area contributed by atoms with Crippen LogP contribution in [0.25, 0.3) is 0 Å². The van der Waals surface area contributed by atoms with Gasteiger partial charge in [-0.3, -0.25) is 4.79 Å². The van der Waals surface area contributed by atoms with Gasteiger partial charge < -0.3 is 20.5 Å². The van der Waals surface area contributed by atoms with Crippen LogP contribution in [0, 0.1) is 0 Å². The fourth-order valence-electron chi connectivity index (χ4n) is 1.54. The van der Waals surface area contributed by atoms with Crippen LogP contribution in [0.2, 0.25) is 0 Å². The summed E-state index contributed by atoms with van der Waals surface area (Å²) in [6.45, 7) is -1.57. The van der Waals surface area contributed by atoms with Gasteiger partial charge in [-0.15, -0.1) is 0 Å². The molecule has 0 heterocycles. The van der Waals surface area contributed by atoms with Gasteiger partial charge in [-0.05, 0) is 17.7 Å². The lowest BCUT2D eigenvalue weighted by molar-refractivity contribution is -0.122. The molecule has 1 aromatic rings. The second-order valence-electron chi connectivity index (χ2n) is 4.20. The van der Waals surface area contributed by atoms with Gasteiger partial charge in [-0.1, -0.05) is 6.07 Å². The van der Waals surface area contributed by atoms with Gasteiger partial charge >= 0.3 is 0 Å². The molecule has 0 aliphatic carbocycles. The normalized spacial score (nSPS) is 11.1. The van der Waals surface area contributed by atoms with Crippen LogP contribution in [0.5, 0.6) is 11.5 Å². The summed E-state index contributed by atoms with van der Waals surface area (Å²) in [7, 11) is 2.97. The molecule has 5 nitrogen and oxygen atoms in total. The van der Waals surface area contributed by atoms with Crippen molar-refractivity contribution in [2.75, 3.05) is 27.3 Å². The Hall–Kier alpha value is -1.89. The molecule has 0 aromatic heterocycles. The van der Waals surface area contributed by atoms with Gasteiger partial charge in [0.25, 0.3) is 5.92 Å². The Balaban J connectivity index is 2.62. The smallest absolute Gasteiger partial charge is 0.277 e. The first kappa shape index (κ1) is 16.2. The van der Waals surface area contributed by atoms with Crippen molar-refractivity contribution in [3.05, 3.63) is 23.8 Å². The molecule has 0 radical (unpaired) electrons. The van der Waals surface area contributed by atoms with Crippen molar-refractivity contribution in [3.63, 3.8) is 0 Å². The van der Waals surface area contributed by atoms with Crippen molar-refractivity contribution < 1.29 is 23.0 Å². The Labute approximate surface area is 116 Å². The first-order valence-electron chi connectivity index (χ1n) is 5.97. The average Bonchev–Trinajstić information content (AvgIpc) is 2.45. The molecule has 112 valence electrons. The second kappa shape index (κ2) is 7.04. The van der Waals surface area contributed by atoms with E-state index in [4.69, 9.17) is 15.2 Å². The SMILES string of the molecule is COc1ccc(CC(=O)NCC(F)(F)CN)cc1OC. The first-order valence-corrected chi connectivity index (χ1v) is 5.97. The summed E-state index contributed by atoms with van der Waals surface area (Å²) < 4.78 is 35.9. The minimum Gasteiger partial charge on any atom is -0.493 e. The van der Waals surface area contributed by atoms with E-state index in [0.717, 1.165) is 0 Å². The number of benzene rings is 1. The predicted octanol–water partition coefficient (Wildman–Crippen LogP) is 0.957. The lowest BCUT2D eigenvalue weighted by Crippen LogP contribution is -2.42. The topological polar surface area (TPSA) is 73.6 Å². The standard InChI is InChI=1S/C13H18F2N2O3/c1-19-10-4-3-9(5-11(10)20-2)6-12(18)17-8-13(14,15)7-16/h3-5H,6-8,16H2,1-2H3,(H,17,18). The van der Waals surface area contributed by atoms with E-state index in [1.807, 2.05) is 0 Å². The van der Waals surface area contributed by atoms with E-state index in [9.17, 15) is 13.6 Å². The van der Waals surface area contributed by atoms with Crippen molar-refractivity contribution in [3.8, 4) is 11.5 Å². The summed E-state index contributed by atoms with van der Waals surface area (Å²) in [6.07, 6.45) is -0.0268. The highest BCUT2D eigenvalue weighted by Gasteiger charge is 2.27. The summed E-state index contributed by atoms with van der Waals surface area (Å²) >= 11 is 0. The number of carbonyl (C=O) groups excluding carboxylic acids is 1. The van der Waals surface area contributed by atoms with E-state index < -0.39 is 24.9 Å². The zero-order chi connectivity index (χ0) is 15.2. The van der Waals surface area contributed by atoms with E-state index >= 15 is 0 Å². The number of carbonyl (C=O) groups is 1. The minimum absolute atomic E-state index is 0.0268. The second-order valence-corrected chi connectivity index (χ2v) is 4.20. The molecular weight excluding hydrogens is 270 g/mol. The highest BCUT2D eigenvalue weighted by atomic mass is 19.3. The number of nitrogens with one attached hydrogen (secondary N) is 1. The third kappa shape index (κ3) is 4.65. The Morgan fingerprint density at radius 3 is 2.50 bits per heavy atom. The van der Waals surface area contributed by atoms with Crippen molar-refractivity contribution in [1.82, 2.24) is 5.32 Å². The lowest BCUT2D eigenvalue weighted by atomic mass is 10.1. The van der Waals surface area contributed by atoms with Crippen LogP contribution in [0.4, 0.5) is 8.78 Å². The van der Waals surface area contributed by atoms with E-state index in [1.165, 1.54) is 14.2 Å². The molecule has 0 atom stereocenters. The Morgan fingerprint density at radius 2 is 1.95 bits per heavy atom. The maximum Gasteiger partial charge on any atom is 0.277 e.